The zero-order valence-corrected chi connectivity index (χ0v) is 18.8. The SMILES string of the molecule is N#Cc1ccc(C(=O)N2CCN(c3ccc4c(c3)CCN(C3CCCC3)CC4)CC2)cc1. The predicted molar refractivity (Wildman–Crippen MR) is 127 cm³/mol. The highest BCUT2D eigenvalue weighted by Crippen LogP contribution is 2.28. The van der Waals surface area contributed by atoms with E-state index in [1.807, 2.05) is 4.90 Å². The molecule has 3 aliphatic rings. The molecule has 5 rings (SSSR count). The molecule has 166 valence electrons. The molecule has 2 aromatic rings. The number of benzene rings is 2. The molecule has 0 bridgehead atoms. The monoisotopic (exact) mass is 428 g/mol. The maximum atomic E-state index is 12.8. The maximum Gasteiger partial charge on any atom is 0.253 e. The fraction of sp³-hybridized carbons (Fsp3) is 0.481. The quantitative estimate of drug-likeness (QED) is 0.745. The summed E-state index contributed by atoms with van der Waals surface area (Å²) in [6, 6.07) is 16.9. The number of piperazine rings is 1. The van der Waals surface area contributed by atoms with Crippen LogP contribution >= 0.6 is 0 Å². The molecule has 2 aromatic carbocycles. The first kappa shape index (κ1) is 21.0. The maximum absolute atomic E-state index is 12.8. The van der Waals surface area contributed by atoms with Gasteiger partial charge in [0.05, 0.1) is 11.6 Å². The molecule has 1 aliphatic carbocycles. The minimum atomic E-state index is 0.0584. The van der Waals surface area contributed by atoms with Crippen molar-refractivity contribution < 1.29 is 4.79 Å². The Hall–Kier alpha value is -2.84. The first-order valence-corrected chi connectivity index (χ1v) is 12.1. The number of fused-ring (bicyclic) bond motifs is 1. The molecule has 2 fully saturated rings. The van der Waals surface area contributed by atoms with Crippen LogP contribution in [0.1, 0.15) is 52.7 Å². The number of carbonyl (C=O) groups is 1. The largest absolute Gasteiger partial charge is 0.368 e. The first-order chi connectivity index (χ1) is 15.7. The standard InChI is InChI=1S/C27H32N4O/c28-20-21-5-7-23(8-6-21)27(32)31-17-15-30(16-18-31)26-10-9-22-11-13-29(14-12-24(22)19-26)25-3-1-2-4-25/h5-10,19,25H,1-4,11-18H2. The van der Waals surface area contributed by atoms with Crippen molar-refractivity contribution in [3.63, 3.8) is 0 Å². The van der Waals surface area contributed by atoms with Gasteiger partial charge in [-0.25, -0.2) is 0 Å². The molecule has 0 N–H and O–H groups in total. The zero-order valence-electron chi connectivity index (χ0n) is 18.8. The lowest BCUT2D eigenvalue weighted by molar-refractivity contribution is 0.0747. The van der Waals surface area contributed by atoms with Crippen molar-refractivity contribution >= 4 is 11.6 Å². The Bertz CT molecular complexity index is 995. The fourth-order valence-electron chi connectivity index (χ4n) is 5.60. The highest BCUT2D eigenvalue weighted by molar-refractivity contribution is 5.94. The van der Waals surface area contributed by atoms with Gasteiger partial charge in [0.15, 0.2) is 0 Å². The normalized spacial score (nSPS) is 20.0. The number of nitriles is 1. The molecule has 5 nitrogen and oxygen atoms in total. The Balaban J connectivity index is 1.20. The Kier molecular flexibility index (Phi) is 6.14. The summed E-state index contributed by atoms with van der Waals surface area (Å²) in [5.41, 5.74) is 5.57. The molecule has 0 spiro atoms. The van der Waals surface area contributed by atoms with Crippen molar-refractivity contribution in [1.29, 1.82) is 5.26 Å². The second kappa shape index (κ2) is 9.34. The van der Waals surface area contributed by atoms with Crippen molar-refractivity contribution in [3.8, 4) is 6.07 Å². The molecule has 2 aliphatic heterocycles. The van der Waals surface area contributed by atoms with Crippen molar-refractivity contribution in [2.45, 2.75) is 44.6 Å². The number of anilines is 1. The van der Waals surface area contributed by atoms with E-state index in [1.54, 1.807) is 24.3 Å². The van der Waals surface area contributed by atoms with E-state index in [9.17, 15) is 4.79 Å². The molecule has 1 saturated carbocycles. The van der Waals surface area contributed by atoms with Crippen LogP contribution in [0, 0.1) is 11.3 Å². The number of hydrogen-bond acceptors (Lipinski definition) is 4. The van der Waals surface area contributed by atoms with Crippen LogP contribution in [0.25, 0.3) is 0 Å². The summed E-state index contributed by atoms with van der Waals surface area (Å²) >= 11 is 0. The van der Waals surface area contributed by atoms with Crippen molar-refractivity contribution in [3.05, 3.63) is 64.7 Å². The number of nitrogens with zero attached hydrogens (tertiary/aromatic N) is 4. The number of hydrogen-bond donors (Lipinski definition) is 0. The molecule has 32 heavy (non-hydrogen) atoms. The highest BCUT2D eigenvalue weighted by Gasteiger charge is 2.26. The molecule has 2 heterocycles. The second-order valence-corrected chi connectivity index (χ2v) is 9.40. The van der Waals surface area contributed by atoms with Crippen molar-refractivity contribution in [1.82, 2.24) is 9.80 Å². The van der Waals surface area contributed by atoms with Crippen LogP contribution in [-0.2, 0) is 12.8 Å². The van der Waals surface area contributed by atoms with Gasteiger partial charge in [0.1, 0.15) is 0 Å². The molecule has 1 saturated heterocycles. The van der Waals surface area contributed by atoms with Crippen LogP contribution in [0.2, 0.25) is 0 Å². The van der Waals surface area contributed by atoms with Gasteiger partial charge in [0.25, 0.3) is 5.91 Å². The van der Waals surface area contributed by atoms with Gasteiger partial charge in [0.2, 0.25) is 0 Å². The van der Waals surface area contributed by atoms with Gasteiger partial charge < -0.3 is 9.80 Å². The van der Waals surface area contributed by atoms with E-state index in [2.05, 4.69) is 34.1 Å². The van der Waals surface area contributed by atoms with Crippen LogP contribution in [0.3, 0.4) is 0 Å². The lowest BCUT2D eigenvalue weighted by Crippen LogP contribution is -2.48. The average molecular weight is 429 g/mol. The topological polar surface area (TPSA) is 50.6 Å². The summed E-state index contributed by atoms with van der Waals surface area (Å²) in [6.45, 7) is 5.56. The van der Waals surface area contributed by atoms with Gasteiger partial charge in [-0.15, -0.1) is 0 Å². The zero-order chi connectivity index (χ0) is 21.9. The van der Waals surface area contributed by atoms with Crippen LogP contribution in [0.15, 0.2) is 42.5 Å². The van der Waals surface area contributed by atoms with E-state index in [4.69, 9.17) is 5.26 Å². The van der Waals surface area contributed by atoms with Gasteiger partial charge in [-0.05, 0) is 73.2 Å². The summed E-state index contributed by atoms with van der Waals surface area (Å²) in [6.07, 6.45) is 7.88. The third kappa shape index (κ3) is 4.38. The van der Waals surface area contributed by atoms with Gasteiger partial charge >= 0.3 is 0 Å². The smallest absolute Gasteiger partial charge is 0.253 e. The molecule has 0 aromatic heterocycles. The lowest BCUT2D eigenvalue weighted by atomic mass is 10.0. The summed E-state index contributed by atoms with van der Waals surface area (Å²) in [4.78, 5) is 19.9. The molecular formula is C27H32N4O. The third-order valence-corrected chi connectivity index (χ3v) is 7.56. The van der Waals surface area contributed by atoms with E-state index >= 15 is 0 Å². The minimum absolute atomic E-state index is 0.0584. The summed E-state index contributed by atoms with van der Waals surface area (Å²) in [7, 11) is 0. The molecule has 5 heteroatoms. The fourth-order valence-corrected chi connectivity index (χ4v) is 5.60. The molecular weight excluding hydrogens is 396 g/mol. The molecule has 1 amide bonds. The summed E-state index contributed by atoms with van der Waals surface area (Å²) in [5.74, 6) is 0.0584. The average Bonchev–Trinajstić information content (AvgIpc) is 3.31. The minimum Gasteiger partial charge on any atom is -0.368 e. The van der Waals surface area contributed by atoms with E-state index in [0.29, 0.717) is 11.1 Å². The number of rotatable bonds is 3. The van der Waals surface area contributed by atoms with Crippen LogP contribution in [0.4, 0.5) is 5.69 Å². The summed E-state index contributed by atoms with van der Waals surface area (Å²) < 4.78 is 0. The Morgan fingerprint density at radius 1 is 0.844 bits per heavy atom. The van der Waals surface area contributed by atoms with Gasteiger partial charge in [0, 0.05) is 56.6 Å². The Morgan fingerprint density at radius 2 is 1.53 bits per heavy atom. The van der Waals surface area contributed by atoms with Gasteiger partial charge in [-0.1, -0.05) is 18.9 Å². The van der Waals surface area contributed by atoms with Gasteiger partial charge in [-0.2, -0.15) is 5.26 Å². The summed E-state index contributed by atoms with van der Waals surface area (Å²) in [5, 5.41) is 8.95. The lowest BCUT2D eigenvalue weighted by Gasteiger charge is -2.36. The first-order valence-electron chi connectivity index (χ1n) is 12.1. The Labute approximate surface area is 191 Å². The predicted octanol–water partition coefficient (Wildman–Crippen LogP) is 3.86. The third-order valence-electron chi connectivity index (χ3n) is 7.56. The highest BCUT2D eigenvalue weighted by atomic mass is 16.2. The molecule has 0 atom stereocenters. The van der Waals surface area contributed by atoms with E-state index in [0.717, 1.165) is 38.6 Å². The van der Waals surface area contributed by atoms with Crippen molar-refractivity contribution in [2.24, 2.45) is 0 Å². The van der Waals surface area contributed by atoms with Crippen LogP contribution in [0.5, 0.6) is 0 Å². The Morgan fingerprint density at radius 3 is 2.22 bits per heavy atom. The van der Waals surface area contributed by atoms with Crippen LogP contribution < -0.4 is 4.90 Å². The molecule has 0 radical (unpaired) electrons. The number of amides is 1. The second-order valence-electron chi connectivity index (χ2n) is 9.40. The van der Waals surface area contributed by atoms with Crippen LogP contribution in [-0.4, -0.2) is 61.0 Å². The molecule has 0 unspecified atom stereocenters. The van der Waals surface area contributed by atoms with E-state index in [-0.39, 0.29) is 5.91 Å². The van der Waals surface area contributed by atoms with E-state index < -0.39 is 0 Å². The van der Waals surface area contributed by atoms with Gasteiger partial charge in [-0.3, -0.25) is 9.69 Å². The number of carbonyl (C=O) groups excluding carboxylic acids is 1. The van der Waals surface area contributed by atoms with Crippen molar-refractivity contribution in [2.75, 3.05) is 44.2 Å². The van der Waals surface area contributed by atoms with E-state index in [1.165, 1.54) is 62.0 Å².